The number of hydrogen-bond acceptors (Lipinski definition) is 1. The molecule has 0 aromatic carbocycles. The van der Waals surface area contributed by atoms with Crippen LogP contribution in [0.5, 0.6) is 0 Å². The average molecular weight is 167 g/mol. The van der Waals surface area contributed by atoms with Crippen LogP contribution < -0.4 is 0 Å². The monoisotopic (exact) mass is 167 g/mol. The Morgan fingerprint density at radius 1 is 1.17 bits per heavy atom. The molecule has 70 valence electrons. The van der Waals surface area contributed by atoms with Crippen LogP contribution in [0.25, 0.3) is 0 Å². The molecule has 0 fully saturated rings. The molecular weight excluding hydrogens is 146 g/mol. The van der Waals surface area contributed by atoms with Gasteiger partial charge in [-0.3, -0.25) is 0 Å². The molecule has 1 heteroatoms. The Bertz CT molecular complexity index is 134. The molecular formula is C11H21N. The summed E-state index contributed by atoms with van der Waals surface area (Å²) < 4.78 is 0. The fraction of sp³-hybridized carbons (Fsp3) is 0.909. The molecule has 0 saturated heterocycles. The Hall–Kier alpha value is -0.510. The molecule has 0 aromatic heterocycles. The summed E-state index contributed by atoms with van der Waals surface area (Å²) in [6.45, 7) is 6.57. The number of nitriles is 1. The Balaban J connectivity index is 3.73. The first-order valence-corrected chi connectivity index (χ1v) is 5.15. The van der Waals surface area contributed by atoms with Gasteiger partial charge in [0.15, 0.2) is 0 Å². The maximum absolute atomic E-state index is 8.90. The van der Waals surface area contributed by atoms with E-state index in [1.165, 1.54) is 25.7 Å². The summed E-state index contributed by atoms with van der Waals surface area (Å²) in [7, 11) is 0. The van der Waals surface area contributed by atoms with Crippen molar-refractivity contribution in [2.75, 3.05) is 0 Å². The minimum atomic E-state index is 0.296. The van der Waals surface area contributed by atoms with Crippen LogP contribution in [-0.2, 0) is 0 Å². The second-order valence-corrected chi connectivity index (χ2v) is 3.64. The lowest BCUT2D eigenvalue weighted by atomic mass is 9.87. The van der Waals surface area contributed by atoms with Crippen LogP contribution >= 0.6 is 0 Å². The van der Waals surface area contributed by atoms with Crippen molar-refractivity contribution in [2.24, 2.45) is 11.8 Å². The molecule has 12 heavy (non-hydrogen) atoms. The van der Waals surface area contributed by atoms with Gasteiger partial charge in [0, 0.05) is 5.92 Å². The molecule has 2 atom stereocenters. The molecule has 0 aromatic rings. The van der Waals surface area contributed by atoms with Gasteiger partial charge in [-0.1, -0.05) is 40.0 Å². The second-order valence-electron chi connectivity index (χ2n) is 3.64. The Morgan fingerprint density at radius 3 is 2.25 bits per heavy atom. The maximum atomic E-state index is 8.90. The fourth-order valence-corrected chi connectivity index (χ4v) is 1.56. The summed E-state index contributed by atoms with van der Waals surface area (Å²) in [5.41, 5.74) is 0. The van der Waals surface area contributed by atoms with Crippen molar-refractivity contribution in [3.63, 3.8) is 0 Å². The smallest absolute Gasteiger partial charge is 0.0658 e. The lowest BCUT2D eigenvalue weighted by Crippen LogP contribution is -2.09. The van der Waals surface area contributed by atoms with Gasteiger partial charge < -0.3 is 0 Å². The zero-order valence-electron chi connectivity index (χ0n) is 8.64. The molecule has 0 aliphatic rings. The molecule has 0 N–H and O–H groups in total. The molecule has 0 aliphatic carbocycles. The van der Waals surface area contributed by atoms with Gasteiger partial charge >= 0.3 is 0 Å². The van der Waals surface area contributed by atoms with E-state index in [2.05, 4.69) is 26.8 Å². The molecule has 0 saturated carbocycles. The number of nitrogens with zero attached hydrogens (tertiary/aromatic N) is 1. The van der Waals surface area contributed by atoms with Gasteiger partial charge in [0.2, 0.25) is 0 Å². The van der Waals surface area contributed by atoms with Crippen molar-refractivity contribution in [1.29, 1.82) is 5.26 Å². The Kier molecular flexibility index (Phi) is 6.85. The van der Waals surface area contributed by atoms with Crippen molar-refractivity contribution in [1.82, 2.24) is 0 Å². The van der Waals surface area contributed by atoms with Gasteiger partial charge in [0.25, 0.3) is 0 Å². The van der Waals surface area contributed by atoms with Crippen LogP contribution in [0, 0.1) is 23.2 Å². The predicted molar refractivity (Wildman–Crippen MR) is 52.7 cm³/mol. The van der Waals surface area contributed by atoms with Gasteiger partial charge in [0.1, 0.15) is 0 Å². The summed E-state index contributed by atoms with van der Waals surface area (Å²) in [6.07, 6.45) is 5.89. The highest BCUT2D eigenvalue weighted by molar-refractivity contribution is 4.85. The third-order valence-corrected chi connectivity index (χ3v) is 2.47. The van der Waals surface area contributed by atoms with E-state index < -0.39 is 0 Å². The molecule has 2 unspecified atom stereocenters. The molecule has 0 radical (unpaired) electrons. The normalized spacial score (nSPS) is 15.2. The lowest BCUT2D eigenvalue weighted by molar-refractivity contribution is 0.376. The third kappa shape index (κ3) is 4.38. The topological polar surface area (TPSA) is 23.8 Å². The van der Waals surface area contributed by atoms with Crippen LogP contribution in [0.2, 0.25) is 0 Å². The first-order valence-electron chi connectivity index (χ1n) is 5.15. The minimum Gasteiger partial charge on any atom is -0.198 e. The molecule has 1 nitrogen and oxygen atoms in total. The van der Waals surface area contributed by atoms with Gasteiger partial charge in [-0.05, 0) is 18.8 Å². The fourth-order valence-electron chi connectivity index (χ4n) is 1.56. The average Bonchev–Trinajstić information content (AvgIpc) is 2.06. The van der Waals surface area contributed by atoms with Crippen molar-refractivity contribution in [3.8, 4) is 6.07 Å². The van der Waals surface area contributed by atoms with Gasteiger partial charge in [-0.15, -0.1) is 0 Å². The number of hydrogen-bond donors (Lipinski definition) is 0. The van der Waals surface area contributed by atoms with Crippen molar-refractivity contribution in [3.05, 3.63) is 0 Å². The number of unbranched alkanes of at least 4 members (excludes halogenated alkanes) is 1. The van der Waals surface area contributed by atoms with E-state index in [0.29, 0.717) is 11.8 Å². The highest BCUT2D eigenvalue weighted by atomic mass is 14.3. The quantitative estimate of drug-likeness (QED) is 0.591. The number of rotatable bonds is 6. The standard InChI is InChI=1S/C11H21N/c1-4-6-8-11(9-12)10(3)7-5-2/h10-11H,4-8H2,1-3H3. The van der Waals surface area contributed by atoms with Crippen molar-refractivity contribution >= 4 is 0 Å². The van der Waals surface area contributed by atoms with Crippen LogP contribution in [-0.4, -0.2) is 0 Å². The van der Waals surface area contributed by atoms with Crippen LogP contribution in [0.3, 0.4) is 0 Å². The maximum Gasteiger partial charge on any atom is 0.0658 e. The van der Waals surface area contributed by atoms with Crippen LogP contribution in [0.15, 0.2) is 0 Å². The zero-order valence-corrected chi connectivity index (χ0v) is 8.64. The highest BCUT2D eigenvalue weighted by Crippen LogP contribution is 2.21. The molecule has 0 rings (SSSR count). The Labute approximate surface area is 76.8 Å². The van der Waals surface area contributed by atoms with Crippen LogP contribution in [0.4, 0.5) is 0 Å². The Morgan fingerprint density at radius 2 is 1.83 bits per heavy atom. The van der Waals surface area contributed by atoms with Crippen LogP contribution in [0.1, 0.15) is 52.9 Å². The zero-order chi connectivity index (χ0) is 9.40. The summed E-state index contributed by atoms with van der Waals surface area (Å²) in [5, 5.41) is 8.90. The van der Waals surface area contributed by atoms with E-state index in [0.717, 1.165) is 6.42 Å². The van der Waals surface area contributed by atoms with Crippen molar-refractivity contribution in [2.45, 2.75) is 52.9 Å². The summed E-state index contributed by atoms with van der Waals surface area (Å²) in [6, 6.07) is 2.42. The first kappa shape index (κ1) is 11.5. The minimum absolute atomic E-state index is 0.296. The van der Waals surface area contributed by atoms with E-state index in [1.54, 1.807) is 0 Å². The van der Waals surface area contributed by atoms with E-state index in [9.17, 15) is 0 Å². The summed E-state index contributed by atoms with van der Waals surface area (Å²) in [5.74, 6) is 0.886. The van der Waals surface area contributed by atoms with E-state index in [4.69, 9.17) is 5.26 Å². The van der Waals surface area contributed by atoms with E-state index in [-0.39, 0.29) is 0 Å². The summed E-state index contributed by atoms with van der Waals surface area (Å²) in [4.78, 5) is 0. The molecule has 0 bridgehead atoms. The SMILES string of the molecule is CCCCC(C#N)C(C)CCC. The second kappa shape index (κ2) is 7.16. The largest absolute Gasteiger partial charge is 0.198 e. The van der Waals surface area contributed by atoms with Crippen molar-refractivity contribution < 1.29 is 0 Å². The molecule has 0 aliphatic heterocycles. The third-order valence-electron chi connectivity index (χ3n) is 2.47. The molecule has 0 amide bonds. The van der Waals surface area contributed by atoms with Gasteiger partial charge in [0.05, 0.1) is 6.07 Å². The van der Waals surface area contributed by atoms with E-state index in [1.807, 2.05) is 0 Å². The van der Waals surface area contributed by atoms with E-state index >= 15 is 0 Å². The highest BCUT2D eigenvalue weighted by Gasteiger charge is 2.14. The van der Waals surface area contributed by atoms with Gasteiger partial charge in [-0.25, -0.2) is 0 Å². The summed E-state index contributed by atoms with van der Waals surface area (Å²) >= 11 is 0. The lowest BCUT2D eigenvalue weighted by Gasteiger charge is -2.15. The van der Waals surface area contributed by atoms with Gasteiger partial charge in [-0.2, -0.15) is 5.26 Å². The predicted octanol–water partition coefficient (Wildman–Crippen LogP) is 3.75. The molecule has 0 spiro atoms. The first-order chi connectivity index (χ1) is 5.76. The molecule has 0 heterocycles.